The molecule has 0 aliphatic heterocycles. The number of aromatic nitrogens is 1. The van der Waals surface area contributed by atoms with E-state index in [2.05, 4.69) is 54.5 Å². The lowest BCUT2D eigenvalue weighted by molar-refractivity contribution is 0.682. The van der Waals surface area contributed by atoms with Crippen molar-refractivity contribution in [3.63, 3.8) is 0 Å². The average molecular weight is 226 g/mol. The molecule has 1 aromatic heterocycles. The molecule has 1 N–H and O–H groups in total. The first-order valence-corrected chi connectivity index (χ1v) is 5.87. The molecule has 2 heteroatoms. The van der Waals surface area contributed by atoms with Crippen LogP contribution < -0.4 is 5.32 Å². The van der Waals surface area contributed by atoms with Crippen LogP contribution in [0, 0.1) is 13.8 Å². The van der Waals surface area contributed by atoms with Crippen molar-refractivity contribution in [3.8, 4) is 0 Å². The van der Waals surface area contributed by atoms with E-state index in [9.17, 15) is 0 Å². The molecule has 88 valence electrons. The number of nitrogens with one attached hydrogen (secondary N) is 1. The lowest BCUT2D eigenvalue weighted by Crippen LogP contribution is -2.19. The smallest absolute Gasteiger partial charge is 0.0592 e. The van der Waals surface area contributed by atoms with Crippen LogP contribution in [0.2, 0.25) is 0 Å². The van der Waals surface area contributed by atoms with Gasteiger partial charge in [0.1, 0.15) is 0 Å². The number of nitrogens with zero attached hydrogens (tertiary/aromatic N) is 1. The molecule has 1 unspecified atom stereocenters. The van der Waals surface area contributed by atoms with Crippen LogP contribution in [0.15, 0.2) is 42.6 Å². The van der Waals surface area contributed by atoms with Gasteiger partial charge < -0.3 is 5.32 Å². The van der Waals surface area contributed by atoms with Gasteiger partial charge in [-0.3, -0.25) is 4.98 Å². The first-order chi connectivity index (χ1) is 8.22. The molecule has 0 bridgehead atoms. The van der Waals surface area contributed by atoms with Gasteiger partial charge in [-0.2, -0.15) is 0 Å². The molecule has 0 radical (unpaired) electrons. The Morgan fingerprint density at radius 2 is 1.94 bits per heavy atom. The Balaban J connectivity index is 2.44. The van der Waals surface area contributed by atoms with Crippen molar-refractivity contribution in [2.24, 2.45) is 0 Å². The minimum Gasteiger partial charge on any atom is -0.309 e. The highest BCUT2D eigenvalue weighted by molar-refractivity contribution is 5.35. The highest BCUT2D eigenvalue weighted by atomic mass is 14.9. The van der Waals surface area contributed by atoms with Gasteiger partial charge >= 0.3 is 0 Å². The fraction of sp³-hybridized carbons (Fsp3) is 0.267. The summed E-state index contributed by atoms with van der Waals surface area (Å²) in [6, 6.07) is 12.9. The summed E-state index contributed by atoms with van der Waals surface area (Å²) < 4.78 is 0. The van der Waals surface area contributed by atoms with Crippen molar-refractivity contribution in [1.29, 1.82) is 0 Å². The summed E-state index contributed by atoms with van der Waals surface area (Å²) in [5.41, 5.74) is 4.88. The number of aryl methyl sites for hydroxylation is 2. The Morgan fingerprint density at radius 1 is 1.12 bits per heavy atom. The highest BCUT2D eigenvalue weighted by Crippen LogP contribution is 2.23. The van der Waals surface area contributed by atoms with Gasteiger partial charge in [0.05, 0.1) is 6.04 Å². The van der Waals surface area contributed by atoms with Crippen LogP contribution in [-0.4, -0.2) is 12.0 Å². The Kier molecular flexibility index (Phi) is 3.55. The van der Waals surface area contributed by atoms with Crippen LogP contribution in [0.5, 0.6) is 0 Å². The summed E-state index contributed by atoms with van der Waals surface area (Å²) in [7, 11) is 1.99. The van der Waals surface area contributed by atoms with E-state index in [4.69, 9.17) is 0 Å². The fourth-order valence-corrected chi connectivity index (χ4v) is 2.15. The van der Waals surface area contributed by atoms with E-state index in [1.807, 2.05) is 19.3 Å². The van der Waals surface area contributed by atoms with Crippen LogP contribution in [0.25, 0.3) is 0 Å². The molecule has 2 aromatic rings. The van der Waals surface area contributed by atoms with E-state index in [-0.39, 0.29) is 6.04 Å². The molecule has 0 aliphatic carbocycles. The van der Waals surface area contributed by atoms with Crippen molar-refractivity contribution < 1.29 is 0 Å². The lowest BCUT2D eigenvalue weighted by atomic mass is 9.97. The number of hydrogen-bond donors (Lipinski definition) is 1. The molecule has 0 amide bonds. The van der Waals surface area contributed by atoms with E-state index in [1.165, 1.54) is 16.7 Å². The predicted octanol–water partition coefficient (Wildman–Crippen LogP) is 3.01. The van der Waals surface area contributed by atoms with Crippen molar-refractivity contribution in [3.05, 3.63) is 65.0 Å². The number of rotatable bonds is 3. The third-order valence-electron chi connectivity index (χ3n) is 3.02. The largest absolute Gasteiger partial charge is 0.309 e. The normalized spacial score (nSPS) is 12.4. The van der Waals surface area contributed by atoms with Crippen LogP contribution in [0.4, 0.5) is 0 Å². The maximum absolute atomic E-state index is 4.36. The SMILES string of the molecule is CNC(c1cccc(C)c1)c1cccnc1C. The van der Waals surface area contributed by atoms with Crippen LogP contribution in [0.3, 0.4) is 0 Å². The summed E-state index contributed by atoms with van der Waals surface area (Å²) in [5.74, 6) is 0. The maximum Gasteiger partial charge on any atom is 0.0592 e. The Labute approximate surface area is 103 Å². The molecule has 1 aromatic carbocycles. The lowest BCUT2D eigenvalue weighted by Gasteiger charge is -2.19. The van der Waals surface area contributed by atoms with Gasteiger partial charge in [0.15, 0.2) is 0 Å². The Hall–Kier alpha value is -1.67. The minimum absolute atomic E-state index is 0.212. The van der Waals surface area contributed by atoms with Crippen molar-refractivity contribution in [2.75, 3.05) is 7.05 Å². The van der Waals surface area contributed by atoms with Gasteiger partial charge in [-0.1, -0.05) is 35.9 Å². The van der Waals surface area contributed by atoms with Gasteiger partial charge in [0.2, 0.25) is 0 Å². The first-order valence-electron chi connectivity index (χ1n) is 5.87. The number of hydrogen-bond acceptors (Lipinski definition) is 2. The second-order valence-corrected chi connectivity index (χ2v) is 4.31. The highest BCUT2D eigenvalue weighted by Gasteiger charge is 2.14. The first kappa shape index (κ1) is 11.8. The molecule has 0 aliphatic rings. The zero-order valence-corrected chi connectivity index (χ0v) is 10.6. The molecule has 0 saturated heterocycles. The van der Waals surface area contributed by atoms with Gasteiger partial charge in [0.25, 0.3) is 0 Å². The summed E-state index contributed by atoms with van der Waals surface area (Å²) in [6.07, 6.45) is 1.84. The van der Waals surface area contributed by atoms with Gasteiger partial charge in [-0.05, 0) is 38.1 Å². The fourth-order valence-electron chi connectivity index (χ4n) is 2.15. The summed E-state index contributed by atoms with van der Waals surface area (Å²) in [6.45, 7) is 4.17. The quantitative estimate of drug-likeness (QED) is 0.870. The molecule has 2 rings (SSSR count). The van der Waals surface area contributed by atoms with E-state index < -0.39 is 0 Å². The summed E-state index contributed by atoms with van der Waals surface area (Å²) in [5, 5.41) is 3.36. The van der Waals surface area contributed by atoms with Crippen LogP contribution >= 0.6 is 0 Å². The van der Waals surface area contributed by atoms with Gasteiger partial charge in [-0.15, -0.1) is 0 Å². The number of pyridine rings is 1. The standard InChI is InChI=1S/C15H18N2/c1-11-6-4-7-13(10-11)15(16-3)14-8-5-9-17-12(14)2/h4-10,15-16H,1-3H3. The summed E-state index contributed by atoms with van der Waals surface area (Å²) in [4.78, 5) is 4.36. The second-order valence-electron chi connectivity index (χ2n) is 4.31. The molecule has 0 spiro atoms. The monoisotopic (exact) mass is 226 g/mol. The Bertz CT molecular complexity index is 506. The third-order valence-corrected chi connectivity index (χ3v) is 3.02. The topological polar surface area (TPSA) is 24.9 Å². The van der Waals surface area contributed by atoms with E-state index in [0.717, 1.165) is 5.69 Å². The molecular weight excluding hydrogens is 208 g/mol. The predicted molar refractivity (Wildman–Crippen MR) is 71.1 cm³/mol. The second kappa shape index (κ2) is 5.11. The van der Waals surface area contributed by atoms with Crippen LogP contribution in [0.1, 0.15) is 28.4 Å². The minimum atomic E-state index is 0.212. The maximum atomic E-state index is 4.36. The number of benzene rings is 1. The Morgan fingerprint density at radius 3 is 2.59 bits per heavy atom. The van der Waals surface area contributed by atoms with Gasteiger partial charge in [-0.25, -0.2) is 0 Å². The van der Waals surface area contributed by atoms with Crippen LogP contribution in [-0.2, 0) is 0 Å². The van der Waals surface area contributed by atoms with E-state index >= 15 is 0 Å². The molecule has 2 nitrogen and oxygen atoms in total. The van der Waals surface area contributed by atoms with Crippen molar-refractivity contribution in [2.45, 2.75) is 19.9 Å². The van der Waals surface area contributed by atoms with E-state index in [1.54, 1.807) is 0 Å². The molecule has 17 heavy (non-hydrogen) atoms. The summed E-state index contributed by atoms with van der Waals surface area (Å²) >= 11 is 0. The zero-order valence-electron chi connectivity index (χ0n) is 10.6. The molecule has 0 fully saturated rings. The van der Waals surface area contributed by atoms with Crippen molar-refractivity contribution >= 4 is 0 Å². The average Bonchev–Trinajstić information content (AvgIpc) is 2.33. The molecule has 1 atom stereocenters. The van der Waals surface area contributed by atoms with Crippen molar-refractivity contribution in [1.82, 2.24) is 10.3 Å². The van der Waals surface area contributed by atoms with E-state index in [0.29, 0.717) is 0 Å². The van der Waals surface area contributed by atoms with Gasteiger partial charge in [0, 0.05) is 11.9 Å². The molecular formula is C15H18N2. The third kappa shape index (κ3) is 2.53. The molecule has 1 heterocycles. The molecule has 0 saturated carbocycles. The zero-order chi connectivity index (χ0) is 12.3.